The maximum Gasteiger partial charge on any atom is 0.270 e. The topological polar surface area (TPSA) is 113 Å². The maximum atomic E-state index is 12.9. The maximum absolute atomic E-state index is 12.9. The van der Waals surface area contributed by atoms with Gasteiger partial charge in [-0.3, -0.25) is 9.69 Å². The Labute approximate surface area is 219 Å². The first-order valence-electron chi connectivity index (χ1n) is 13.2. The van der Waals surface area contributed by atoms with Gasteiger partial charge >= 0.3 is 0 Å². The number of aliphatic hydroxyl groups is 1. The molecule has 0 atom stereocenters. The van der Waals surface area contributed by atoms with Gasteiger partial charge in [0, 0.05) is 71.2 Å². The summed E-state index contributed by atoms with van der Waals surface area (Å²) in [5.41, 5.74) is 2.32. The molecule has 4 rings (SSSR count). The van der Waals surface area contributed by atoms with Crippen molar-refractivity contribution in [1.82, 2.24) is 19.4 Å². The predicted octanol–water partition coefficient (Wildman–Crippen LogP) is 3.20. The number of pyridine rings is 1. The molecular weight excluding hydrogens is 468 g/mol. The normalized spacial score (nSPS) is 16.6. The van der Waals surface area contributed by atoms with Gasteiger partial charge in [0.15, 0.2) is 0 Å². The summed E-state index contributed by atoms with van der Waals surface area (Å²) in [6.07, 6.45) is 8.25. The number of carbonyl (C=O) groups is 1. The van der Waals surface area contributed by atoms with Gasteiger partial charge < -0.3 is 35.5 Å². The molecule has 1 amide bonds. The van der Waals surface area contributed by atoms with Crippen LogP contribution in [0.15, 0.2) is 36.8 Å². The number of hydrogen-bond donors (Lipinski definition) is 4. The smallest absolute Gasteiger partial charge is 0.270 e. The van der Waals surface area contributed by atoms with Crippen molar-refractivity contribution in [3.8, 4) is 0 Å². The molecule has 1 aliphatic carbocycles. The van der Waals surface area contributed by atoms with Gasteiger partial charge in [0.25, 0.3) is 5.91 Å². The Bertz CT molecular complexity index is 1080. The summed E-state index contributed by atoms with van der Waals surface area (Å²) in [6.45, 7) is 9.16. The van der Waals surface area contributed by atoms with E-state index in [0.717, 1.165) is 70.5 Å². The fourth-order valence-corrected chi connectivity index (χ4v) is 5.22. The lowest BCUT2D eigenvalue weighted by atomic mass is 10.2. The third-order valence-electron chi connectivity index (χ3n) is 7.20. The Kier molecular flexibility index (Phi) is 8.83. The third kappa shape index (κ3) is 6.31. The van der Waals surface area contributed by atoms with Crippen LogP contribution in [0.5, 0.6) is 0 Å². The van der Waals surface area contributed by atoms with E-state index in [9.17, 15) is 4.79 Å². The molecule has 2 aromatic rings. The fraction of sp³-hybridized carbons (Fsp3) is 0.519. The van der Waals surface area contributed by atoms with Crippen molar-refractivity contribution in [2.45, 2.75) is 38.1 Å². The zero-order chi connectivity index (χ0) is 26.4. The van der Waals surface area contributed by atoms with E-state index in [2.05, 4.69) is 42.6 Å². The predicted molar refractivity (Wildman–Crippen MR) is 149 cm³/mol. The SMILES string of the molecule is C=C(Nc1ccc(N2CCN(CCCO)CC2)cn1)Nc1c(C=N)cc(C(=O)N(C)C)n1C1CCCC1. The molecule has 1 saturated carbocycles. The quantitative estimate of drug-likeness (QED) is 0.345. The molecule has 3 heterocycles. The molecule has 1 saturated heterocycles. The van der Waals surface area contributed by atoms with Crippen molar-refractivity contribution < 1.29 is 9.90 Å². The molecule has 0 spiro atoms. The molecule has 0 bridgehead atoms. The first-order valence-corrected chi connectivity index (χ1v) is 13.2. The van der Waals surface area contributed by atoms with E-state index >= 15 is 0 Å². The minimum atomic E-state index is -0.0758. The Morgan fingerprint density at radius 2 is 1.95 bits per heavy atom. The Balaban J connectivity index is 1.43. The second kappa shape index (κ2) is 12.2. The van der Waals surface area contributed by atoms with Crippen LogP contribution in [0.1, 0.15) is 54.2 Å². The van der Waals surface area contributed by atoms with E-state index in [-0.39, 0.29) is 18.6 Å². The minimum Gasteiger partial charge on any atom is -0.396 e. The van der Waals surface area contributed by atoms with Crippen molar-refractivity contribution in [2.75, 3.05) is 69.0 Å². The van der Waals surface area contributed by atoms with Crippen LogP contribution in [-0.2, 0) is 0 Å². The van der Waals surface area contributed by atoms with Gasteiger partial charge in [-0.2, -0.15) is 0 Å². The van der Waals surface area contributed by atoms with Crippen LogP contribution in [0.3, 0.4) is 0 Å². The number of anilines is 3. The molecule has 2 aromatic heterocycles. The summed E-state index contributed by atoms with van der Waals surface area (Å²) in [4.78, 5) is 23.8. The first kappa shape index (κ1) is 26.7. The molecule has 2 fully saturated rings. The summed E-state index contributed by atoms with van der Waals surface area (Å²) < 4.78 is 2.05. The minimum absolute atomic E-state index is 0.0758. The molecule has 1 aliphatic heterocycles. The van der Waals surface area contributed by atoms with E-state index in [0.29, 0.717) is 28.7 Å². The molecule has 10 nitrogen and oxygen atoms in total. The molecule has 4 N–H and O–H groups in total. The highest BCUT2D eigenvalue weighted by Gasteiger charge is 2.28. The van der Waals surface area contributed by atoms with Crippen LogP contribution in [0.25, 0.3) is 0 Å². The summed E-state index contributed by atoms with van der Waals surface area (Å²) >= 11 is 0. The van der Waals surface area contributed by atoms with Crippen LogP contribution in [0.2, 0.25) is 0 Å². The van der Waals surface area contributed by atoms with E-state index in [1.54, 1.807) is 25.1 Å². The number of aliphatic hydroxyl groups excluding tert-OH is 1. The number of amides is 1. The first-order chi connectivity index (χ1) is 17.9. The van der Waals surface area contributed by atoms with Crippen LogP contribution >= 0.6 is 0 Å². The summed E-state index contributed by atoms with van der Waals surface area (Å²) in [6, 6.07) is 6.00. The van der Waals surface area contributed by atoms with Crippen LogP contribution in [0.4, 0.5) is 17.3 Å². The highest BCUT2D eigenvalue weighted by molar-refractivity contribution is 5.98. The van der Waals surface area contributed by atoms with Crippen molar-refractivity contribution in [1.29, 1.82) is 5.41 Å². The number of nitrogens with one attached hydrogen (secondary N) is 3. The number of aromatic nitrogens is 2. The van der Waals surface area contributed by atoms with E-state index in [4.69, 9.17) is 10.5 Å². The Morgan fingerprint density at radius 1 is 1.22 bits per heavy atom. The average Bonchev–Trinajstić information content (AvgIpc) is 3.55. The van der Waals surface area contributed by atoms with Crippen LogP contribution < -0.4 is 15.5 Å². The molecule has 200 valence electrons. The van der Waals surface area contributed by atoms with Crippen LogP contribution in [0, 0.1) is 5.41 Å². The lowest BCUT2D eigenvalue weighted by molar-refractivity contribution is 0.0815. The van der Waals surface area contributed by atoms with E-state index < -0.39 is 0 Å². The monoisotopic (exact) mass is 508 g/mol. The van der Waals surface area contributed by atoms with Crippen molar-refractivity contribution >= 4 is 29.4 Å². The second-order valence-electron chi connectivity index (χ2n) is 10.0. The highest BCUT2D eigenvalue weighted by atomic mass is 16.3. The number of carbonyl (C=O) groups excluding carboxylic acids is 1. The zero-order valence-corrected chi connectivity index (χ0v) is 22.0. The lowest BCUT2D eigenvalue weighted by Crippen LogP contribution is -2.46. The van der Waals surface area contributed by atoms with Gasteiger partial charge in [0.2, 0.25) is 0 Å². The highest BCUT2D eigenvalue weighted by Crippen LogP contribution is 2.36. The summed E-state index contributed by atoms with van der Waals surface area (Å²) in [5.74, 6) is 1.83. The largest absolute Gasteiger partial charge is 0.396 e. The van der Waals surface area contributed by atoms with Crippen molar-refractivity contribution in [3.63, 3.8) is 0 Å². The van der Waals surface area contributed by atoms with Gasteiger partial charge in [-0.1, -0.05) is 19.4 Å². The molecule has 0 radical (unpaired) electrons. The summed E-state index contributed by atoms with van der Waals surface area (Å²) in [5, 5.41) is 23.6. The van der Waals surface area contributed by atoms with Gasteiger partial charge in [-0.05, 0) is 37.5 Å². The standard InChI is InChI=1S/C27H40N8O2/c1-20(30-25-10-9-23(19-29-25)34-14-12-33(13-15-34)11-6-16-36)31-26-21(18-28)17-24(27(37)32(2)3)35(26)22-7-4-5-8-22/h9-10,17-19,22,28,31,36H,1,4-8,11-16H2,2-3H3,(H,29,30). The Hall–Kier alpha value is -3.37. The van der Waals surface area contributed by atoms with Crippen molar-refractivity contribution in [2.24, 2.45) is 0 Å². The average molecular weight is 509 g/mol. The molecular formula is C27H40N8O2. The van der Waals surface area contributed by atoms with Gasteiger partial charge in [-0.25, -0.2) is 4.98 Å². The zero-order valence-electron chi connectivity index (χ0n) is 22.0. The lowest BCUT2D eigenvalue weighted by Gasteiger charge is -2.35. The second-order valence-corrected chi connectivity index (χ2v) is 10.0. The number of hydrogen-bond acceptors (Lipinski definition) is 8. The Morgan fingerprint density at radius 3 is 2.54 bits per heavy atom. The van der Waals surface area contributed by atoms with E-state index in [1.165, 1.54) is 6.21 Å². The van der Waals surface area contributed by atoms with Gasteiger partial charge in [0.05, 0.1) is 11.9 Å². The van der Waals surface area contributed by atoms with E-state index in [1.807, 2.05) is 12.3 Å². The molecule has 0 unspecified atom stereocenters. The fourth-order valence-electron chi connectivity index (χ4n) is 5.22. The van der Waals surface area contributed by atoms with Gasteiger partial charge in [-0.15, -0.1) is 0 Å². The number of rotatable bonds is 11. The number of nitrogens with zero attached hydrogens (tertiary/aromatic N) is 5. The van der Waals surface area contributed by atoms with Gasteiger partial charge in [0.1, 0.15) is 23.2 Å². The molecule has 0 aromatic carbocycles. The van der Waals surface area contributed by atoms with Crippen LogP contribution in [-0.4, -0.2) is 90.0 Å². The molecule has 37 heavy (non-hydrogen) atoms. The van der Waals surface area contributed by atoms with Crippen molar-refractivity contribution in [3.05, 3.63) is 48.1 Å². The number of piperazine rings is 1. The summed E-state index contributed by atoms with van der Waals surface area (Å²) in [7, 11) is 3.50. The third-order valence-corrected chi connectivity index (χ3v) is 7.20. The molecule has 2 aliphatic rings. The molecule has 10 heteroatoms.